The first-order valence-electron chi connectivity index (χ1n) is 5.95. The SMILES string of the molecule is C#C[C@H](Nc1ccc(C(F)(F)F)cc1)c1ccccc1. The van der Waals surface area contributed by atoms with Gasteiger partial charge >= 0.3 is 6.18 Å². The molecular weight excluding hydrogens is 263 g/mol. The maximum atomic E-state index is 12.5. The van der Waals surface area contributed by atoms with E-state index in [1.54, 1.807) is 0 Å². The fourth-order valence-electron chi connectivity index (χ4n) is 1.79. The average Bonchev–Trinajstić information content (AvgIpc) is 2.45. The highest BCUT2D eigenvalue weighted by atomic mass is 19.4. The Labute approximate surface area is 115 Å². The lowest BCUT2D eigenvalue weighted by Crippen LogP contribution is -2.09. The van der Waals surface area contributed by atoms with E-state index >= 15 is 0 Å². The van der Waals surface area contributed by atoms with Crippen molar-refractivity contribution in [2.75, 3.05) is 5.32 Å². The normalized spacial score (nSPS) is 12.5. The van der Waals surface area contributed by atoms with E-state index in [1.165, 1.54) is 12.1 Å². The molecule has 0 bridgehead atoms. The van der Waals surface area contributed by atoms with Gasteiger partial charge in [0.2, 0.25) is 0 Å². The molecule has 0 fully saturated rings. The van der Waals surface area contributed by atoms with Gasteiger partial charge in [0, 0.05) is 5.69 Å². The minimum atomic E-state index is -4.33. The Morgan fingerprint density at radius 1 is 0.950 bits per heavy atom. The summed E-state index contributed by atoms with van der Waals surface area (Å²) in [5.41, 5.74) is 0.750. The van der Waals surface area contributed by atoms with Gasteiger partial charge < -0.3 is 5.32 Å². The average molecular weight is 275 g/mol. The molecular formula is C16H12F3N. The molecule has 1 N–H and O–H groups in total. The number of nitrogens with one attached hydrogen (secondary N) is 1. The zero-order valence-corrected chi connectivity index (χ0v) is 10.5. The summed E-state index contributed by atoms with van der Waals surface area (Å²) in [6, 6.07) is 13.7. The standard InChI is InChI=1S/C16H12F3N/c1-2-15(12-6-4-3-5-7-12)20-14-10-8-13(9-11-14)16(17,18)19/h1,3-11,15,20H/t15-/m0/s1. The molecule has 0 heterocycles. The van der Waals surface area contributed by atoms with E-state index in [4.69, 9.17) is 6.42 Å². The lowest BCUT2D eigenvalue weighted by atomic mass is 10.1. The zero-order chi connectivity index (χ0) is 14.6. The van der Waals surface area contributed by atoms with Crippen LogP contribution in [0.1, 0.15) is 17.2 Å². The van der Waals surface area contributed by atoms with Crippen LogP contribution >= 0.6 is 0 Å². The van der Waals surface area contributed by atoms with Crippen molar-refractivity contribution in [2.24, 2.45) is 0 Å². The number of alkyl halides is 3. The second-order valence-corrected chi connectivity index (χ2v) is 4.23. The number of terminal acetylenes is 1. The van der Waals surface area contributed by atoms with E-state index in [1.807, 2.05) is 30.3 Å². The van der Waals surface area contributed by atoms with Crippen molar-refractivity contribution in [2.45, 2.75) is 12.2 Å². The first-order chi connectivity index (χ1) is 9.50. The highest BCUT2D eigenvalue weighted by Gasteiger charge is 2.29. The van der Waals surface area contributed by atoms with E-state index in [2.05, 4.69) is 11.2 Å². The molecule has 0 aliphatic carbocycles. The van der Waals surface area contributed by atoms with Crippen LogP contribution in [-0.2, 0) is 6.18 Å². The Morgan fingerprint density at radius 3 is 2.05 bits per heavy atom. The van der Waals surface area contributed by atoms with Gasteiger partial charge in [-0.3, -0.25) is 0 Å². The van der Waals surface area contributed by atoms with E-state index < -0.39 is 11.7 Å². The van der Waals surface area contributed by atoms with Crippen molar-refractivity contribution in [1.29, 1.82) is 0 Å². The van der Waals surface area contributed by atoms with Crippen molar-refractivity contribution >= 4 is 5.69 Å². The number of hydrogen-bond acceptors (Lipinski definition) is 1. The molecule has 2 rings (SSSR count). The molecule has 102 valence electrons. The van der Waals surface area contributed by atoms with Crippen LogP contribution in [0.5, 0.6) is 0 Å². The third-order valence-corrected chi connectivity index (χ3v) is 2.82. The predicted octanol–water partition coefficient (Wildman–Crippen LogP) is 4.49. The second kappa shape index (κ2) is 5.70. The topological polar surface area (TPSA) is 12.0 Å². The number of benzene rings is 2. The van der Waals surface area contributed by atoms with Crippen LogP contribution in [0.4, 0.5) is 18.9 Å². The monoisotopic (exact) mass is 275 g/mol. The largest absolute Gasteiger partial charge is 0.416 e. The molecule has 20 heavy (non-hydrogen) atoms. The summed E-state index contributed by atoms with van der Waals surface area (Å²) in [5.74, 6) is 2.58. The summed E-state index contributed by atoms with van der Waals surface area (Å²) in [6.07, 6.45) is 1.13. The van der Waals surface area contributed by atoms with Gasteiger partial charge in [-0.2, -0.15) is 13.2 Å². The van der Waals surface area contributed by atoms with Crippen LogP contribution in [-0.4, -0.2) is 0 Å². The van der Waals surface area contributed by atoms with Crippen LogP contribution in [0.3, 0.4) is 0 Å². The molecule has 0 saturated heterocycles. The maximum absolute atomic E-state index is 12.5. The molecule has 1 atom stereocenters. The second-order valence-electron chi connectivity index (χ2n) is 4.23. The maximum Gasteiger partial charge on any atom is 0.416 e. The van der Waals surface area contributed by atoms with E-state index in [0.29, 0.717) is 5.69 Å². The van der Waals surface area contributed by atoms with Gasteiger partial charge in [-0.25, -0.2) is 0 Å². The van der Waals surface area contributed by atoms with Crippen LogP contribution in [0, 0.1) is 12.3 Å². The Morgan fingerprint density at radius 2 is 1.55 bits per heavy atom. The highest BCUT2D eigenvalue weighted by molar-refractivity contribution is 5.49. The van der Waals surface area contributed by atoms with Crippen molar-refractivity contribution in [1.82, 2.24) is 0 Å². The quantitative estimate of drug-likeness (QED) is 0.814. The molecule has 0 aliphatic heterocycles. The molecule has 0 saturated carbocycles. The fraction of sp³-hybridized carbons (Fsp3) is 0.125. The molecule has 2 aromatic rings. The van der Waals surface area contributed by atoms with Crippen molar-refractivity contribution in [3.63, 3.8) is 0 Å². The van der Waals surface area contributed by atoms with E-state index in [-0.39, 0.29) is 6.04 Å². The van der Waals surface area contributed by atoms with Crippen LogP contribution in [0.2, 0.25) is 0 Å². The number of rotatable bonds is 3. The van der Waals surface area contributed by atoms with Gasteiger partial charge in [-0.1, -0.05) is 36.3 Å². The molecule has 2 aromatic carbocycles. The third kappa shape index (κ3) is 3.33. The first-order valence-corrected chi connectivity index (χ1v) is 5.95. The first kappa shape index (κ1) is 14.0. The van der Waals surface area contributed by atoms with Crippen molar-refractivity contribution < 1.29 is 13.2 Å². The molecule has 0 unspecified atom stereocenters. The molecule has 0 amide bonds. The summed E-state index contributed by atoms with van der Waals surface area (Å²) >= 11 is 0. The summed E-state index contributed by atoms with van der Waals surface area (Å²) in [7, 11) is 0. The van der Waals surface area contributed by atoms with Gasteiger partial charge in [0.1, 0.15) is 6.04 Å². The smallest absolute Gasteiger partial charge is 0.368 e. The lowest BCUT2D eigenvalue weighted by molar-refractivity contribution is -0.137. The van der Waals surface area contributed by atoms with Crippen LogP contribution < -0.4 is 5.32 Å². The number of anilines is 1. The van der Waals surface area contributed by atoms with Crippen molar-refractivity contribution in [3.05, 3.63) is 65.7 Å². The summed E-state index contributed by atoms with van der Waals surface area (Å²) in [6.45, 7) is 0. The molecule has 1 nitrogen and oxygen atoms in total. The summed E-state index contributed by atoms with van der Waals surface area (Å²) < 4.78 is 37.4. The third-order valence-electron chi connectivity index (χ3n) is 2.82. The number of halogens is 3. The Hall–Kier alpha value is -2.41. The molecule has 4 heteroatoms. The van der Waals surface area contributed by atoms with Gasteiger partial charge in [0.05, 0.1) is 5.56 Å². The Balaban J connectivity index is 2.15. The van der Waals surface area contributed by atoms with Gasteiger partial charge in [-0.15, -0.1) is 6.42 Å². The lowest BCUT2D eigenvalue weighted by Gasteiger charge is -2.15. The Kier molecular flexibility index (Phi) is 3.99. The van der Waals surface area contributed by atoms with E-state index in [0.717, 1.165) is 17.7 Å². The predicted molar refractivity (Wildman–Crippen MR) is 73.1 cm³/mol. The van der Waals surface area contributed by atoms with Crippen LogP contribution in [0.15, 0.2) is 54.6 Å². The summed E-state index contributed by atoms with van der Waals surface area (Å²) in [5, 5.41) is 3.02. The Bertz CT molecular complexity index is 594. The summed E-state index contributed by atoms with van der Waals surface area (Å²) in [4.78, 5) is 0. The van der Waals surface area contributed by atoms with Gasteiger partial charge in [0.15, 0.2) is 0 Å². The van der Waals surface area contributed by atoms with Gasteiger partial charge in [0.25, 0.3) is 0 Å². The molecule has 0 radical (unpaired) electrons. The fourth-order valence-corrected chi connectivity index (χ4v) is 1.79. The molecule has 0 aliphatic rings. The zero-order valence-electron chi connectivity index (χ0n) is 10.5. The van der Waals surface area contributed by atoms with Crippen LogP contribution in [0.25, 0.3) is 0 Å². The minimum Gasteiger partial charge on any atom is -0.368 e. The molecule has 0 aromatic heterocycles. The van der Waals surface area contributed by atoms with E-state index in [9.17, 15) is 13.2 Å². The van der Waals surface area contributed by atoms with Crippen molar-refractivity contribution in [3.8, 4) is 12.3 Å². The van der Waals surface area contributed by atoms with Gasteiger partial charge in [-0.05, 0) is 29.8 Å². The molecule has 0 spiro atoms. The highest BCUT2D eigenvalue weighted by Crippen LogP contribution is 2.30. The minimum absolute atomic E-state index is 0.382. The number of hydrogen-bond donors (Lipinski definition) is 1.